The van der Waals surface area contributed by atoms with E-state index < -0.39 is 12.1 Å². The Labute approximate surface area is 127 Å². The summed E-state index contributed by atoms with van der Waals surface area (Å²) in [6.07, 6.45) is -1.22. The summed E-state index contributed by atoms with van der Waals surface area (Å²) in [7, 11) is 4.54. The quantitative estimate of drug-likeness (QED) is 0.919. The Balaban J connectivity index is 2.66. The fraction of sp³-hybridized carbons (Fsp3) is 0.333. The summed E-state index contributed by atoms with van der Waals surface area (Å²) in [6.45, 7) is 1.41. The van der Waals surface area contributed by atoms with Gasteiger partial charge in [0.15, 0.2) is 5.69 Å². The number of carboxylic acids is 1. The highest BCUT2D eigenvalue weighted by molar-refractivity contribution is 5.87. The van der Waals surface area contributed by atoms with Crippen LogP contribution in [0.2, 0.25) is 0 Å². The fourth-order valence-electron chi connectivity index (χ4n) is 2.26. The zero-order valence-corrected chi connectivity index (χ0v) is 12.8. The van der Waals surface area contributed by atoms with Gasteiger partial charge in [-0.2, -0.15) is 5.10 Å². The number of hydrogen-bond acceptors (Lipinski definition) is 4. The number of methoxy groups -OCH3 is 2. The lowest BCUT2D eigenvalue weighted by Gasteiger charge is -2.15. The van der Waals surface area contributed by atoms with Gasteiger partial charge in [0.25, 0.3) is 0 Å². The van der Waals surface area contributed by atoms with Crippen LogP contribution < -0.4 is 9.47 Å². The Bertz CT molecular complexity index is 710. The Hall–Kier alpha value is -2.57. The zero-order valence-electron chi connectivity index (χ0n) is 12.8. The van der Waals surface area contributed by atoms with Gasteiger partial charge in [-0.25, -0.2) is 9.18 Å². The van der Waals surface area contributed by atoms with Gasteiger partial charge in [-0.15, -0.1) is 0 Å². The van der Waals surface area contributed by atoms with Crippen molar-refractivity contribution in [3.05, 3.63) is 29.5 Å². The minimum absolute atomic E-state index is 0.0820. The van der Waals surface area contributed by atoms with Gasteiger partial charge in [-0.3, -0.25) is 4.68 Å². The number of rotatable bonds is 5. The number of carboxylic acid groups (broad SMARTS) is 1. The molecule has 22 heavy (non-hydrogen) atoms. The molecular weight excluding hydrogens is 291 g/mol. The van der Waals surface area contributed by atoms with E-state index in [9.17, 15) is 9.18 Å². The number of hydrogen-bond donors (Lipinski definition) is 1. The van der Waals surface area contributed by atoms with E-state index >= 15 is 0 Å². The third-order valence-corrected chi connectivity index (χ3v) is 3.36. The van der Waals surface area contributed by atoms with Gasteiger partial charge < -0.3 is 14.6 Å². The van der Waals surface area contributed by atoms with Crippen LogP contribution in [0.25, 0.3) is 11.3 Å². The SMILES string of the molecule is COc1cc(C(C)F)c(OC)cc1-c1cc(C(=O)O)nn1C. The molecule has 0 fully saturated rings. The van der Waals surface area contributed by atoms with E-state index in [0.717, 1.165) is 0 Å². The number of aromatic nitrogens is 2. The van der Waals surface area contributed by atoms with Crippen LogP contribution in [0.15, 0.2) is 18.2 Å². The van der Waals surface area contributed by atoms with Crippen molar-refractivity contribution in [3.8, 4) is 22.8 Å². The fourth-order valence-corrected chi connectivity index (χ4v) is 2.26. The van der Waals surface area contributed by atoms with Gasteiger partial charge in [0.05, 0.1) is 19.9 Å². The zero-order chi connectivity index (χ0) is 16.4. The van der Waals surface area contributed by atoms with Crippen LogP contribution in [0.1, 0.15) is 29.1 Å². The summed E-state index contributed by atoms with van der Waals surface area (Å²) in [4.78, 5) is 11.0. The van der Waals surface area contributed by atoms with Gasteiger partial charge in [0.2, 0.25) is 0 Å². The standard InChI is InChI=1S/C15H17FN2O4/c1-8(16)9-5-14(22-4)10(6-13(9)21-3)12-7-11(15(19)20)17-18(12)2/h5-8H,1-4H3,(H,19,20). The van der Waals surface area contributed by atoms with Crippen LogP contribution >= 0.6 is 0 Å². The molecule has 1 heterocycles. The average Bonchev–Trinajstić information content (AvgIpc) is 2.87. The highest BCUT2D eigenvalue weighted by atomic mass is 19.1. The third-order valence-electron chi connectivity index (χ3n) is 3.36. The first-order valence-electron chi connectivity index (χ1n) is 6.56. The molecule has 0 aliphatic carbocycles. The summed E-state index contributed by atoms with van der Waals surface area (Å²) >= 11 is 0. The average molecular weight is 308 g/mol. The molecule has 2 rings (SSSR count). The molecule has 0 saturated carbocycles. The van der Waals surface area contributed by atoms with Crippen LogP contribution in [0.4, 0.5) is 4.39 Å². The van der Waals surface area contributed by atoms with Gasteiger partial charge >= 0.3 is 5.97 Å². The third kappa shape index (κ3) is 2.74. The van der Waals surface area contributed by atoms with Crippen LogP contribution in [0.5, 0.6) is 11.5 Å². The Morgan fingerprint density at radius 1 is 1.27 bits per heavy atom. The summed E-state index contributed by atoms with van der Waals surface area (Å²) in [5.41, 5.74) is 1.39. The van der Waals surface area contributed by atoms with E-state index in [1.807, 2.05) is 0 Å². The number of carbonyl (C=O) groups is 1. The molecule has 6 nitrogen and oxygen atoms in total. The predicted molar refractivity (Wildman–Crippen MR) is 78.2 cm³/mol. The highest BCUT2D eigenvalue weighted by Crippen LogP contribution is 2.39. The lowest BCUT2D eigenvalue weighted by atomic mass is 10.0. The maximum atomic E-state index is 13.7. The van der Waals surface area contributed by atoms with Crippen LogP contribution in [0, 0.1) is 0 Å². The maximum Gasteiger partial charge on any atom is 0.356 e. The van der Waals surface area contributed by atoms with E-state index in [0.29, 0.717) is 28.3 Å². The molecule has 1 N–H and O–H groups in total. The summed E-state index contributed by atoms with van der Waals surface area (Å²) in [5, 5.41) is 13.0. The first-order valence-corrected chi connectivity index (χ1v) is 6.56. The Morgan fingerprint density at radius 3 is 2.36 bits per heavy atom. The van der Waals surface area contributed by atoms with E-state index in [2.05, 4.69) is 5.10 Å². The topological polar surface area (TPSA) is 73.6 Å². The van der Waals surface area contributed by atoms with Crippen molar-refractivity contribution in [2.45, 2.75) is 13.1 Å². The molecule has 0 aliphatic heterocycles. The van der Waals surface area contributed by atoms with E-state index in [1.165, 1.54) is 31.9 Å². The van der Waals surface area contributed by atoms with Crippen molar-refractivity contribution in [2.24, 2.45) is 7.05 Å². The number of nitrogens with zero attached hydrogens (tertiary/aromatic N) is 2. The van der Waals surface area contributed by atoms with E-state index in [1.54, 1.807) is 19.2 Å². The van der Waals surface area contributed by atoms with E-state index in [4.69, 9.17) is 14.6 Å². The number of halogens is 1. The number of alkyl halides is 1. The molecule has 0 saturated heterocycles. The molecule has 118 valence electrons. The molecule has 1 aromatic heterocycles. The van der Waals surface area contributed by atoms with Gasteiger partial charge in [0, 0.05) is 18.2 Å². The minimum atomic E-state index is -1.22. The molecule has 1 atom stereocenters. The second kappa shape index (κ2) is 6.05. The molecule has 1 aromatic carbocycles. The van der Waals surface area contributed by atoms with Crippen LogP contribution in [-0.4, -0.2) is 35.1 Å². The van der Waals surface area contributed by atoms with Crippen molar-refractivity contribution in [1.82, 2.24) is 9.78 Å². The first-order chi connectivity index (χ1) is 10.4. The normalized spacial score (nSPS) is 12.0. The lowest BCUT2D eigenvalue weighted by molar-refractivity contribution is 0.0689. The number of aryl methyl sites for hydroxylation is 1. The monoisotopic (exact) mass is 308 g/mol. The minimum Gasteiger partial charge on any atom is -0.496 e. The maximum absolute atomic E-state index is 13.7. The summed E-state index contributed by atoms with van der Waals surface area (Å²) < 4.78 is 25.6. The van der Waals surface area contributed by atoms with Crippen molar-refractivity contribution in [1.29, 1.82) is 0 Å². The van der Waals surface area contributed by atoms with Gasteiger partial charge in [-0.05, 0) is 25.1 Å². The Morgan fingerprint density at radius 2 is 1.91 bits per heavy atom. The Kier molecular flexibility index (Phi) is 4.35. The number of aromatic carboxylic acids is 1. The van der Waals surface area contributed by atoms with Gasteiger partial charge in [-0.1, -0.05) is 0 Å². The predicted octanol–water partition coefficient (Wildman–Crippen LogP) is 2.83. The second-order valence-corrected chi connectivity index (χ2v) is 4.75. The first kappa shape index (κ1) is 15.8. The smallest absolute Gasteiger partial charge is 0.356 e. The molecule has 0 aliphatic rings. The number of benzene rings is 1. The molecule has 7 heteroatoms. The molecule has 0 spiro atoms. The van der Waals surface area contributed by atoms with Crippen molar-refractivity contribution >= 4 is 5.97 Å². The van der Waals surface area contributed by atoms with Crippen molar-refractivity contribution in [2.75, 3.05) is 14.2 Å². The molecule has 2 aromatic rings. The van der Waals surface area contributed by atoms with Crippen molar-refractivity contribution in [3.63, 3.8) is 0 Å². The summed E-state index contributed by atoms with van der Waals surface area (Å²) in [5.74, 6) is -0.342. The highest BCUT2D eigenvalue weighted by Gasteiger charge is 2.20. The van der Waals surface area contributed by atoms with Crippen LogP contribution in [0.3, 0.4) is 0 Å². The molecular formula is C15H17FN2O4. The molecule has 0 amide bonds. The molecule has 1 unspecified atom stereocenters. The van der Waals surface area contributed by atoms with Crippen molar-refractivity contribution < 1.29 is 23.8 Å². The molecule has 0 bridgehead atoms. The summed E-state index contributed by atoms with van der Waals surface area (Å²) in [6, 6.07) is 4.59. The molecule has 0 radical (unpaired) electrons. The largest absolute Gasteiger partial charge is 0.496 e. The van der Waals surface area contributed by atoms with E-state index in [-0.39, 0.29) is 5.69 Å². The van der Waals surface area contributed by atoms with Crippen LogP contribution in [-0.2, 0) is 7.05 Å². The second-order valence-electron chi connectivity index (χ2n) is 4.75. The number of ether oxygens (including phenoxy) is 2. The lowest BCUT2D eigenvalue weighted by Crippen LogP contribution is -2.01. The van der Waals surface area contributed by atoms with Gasteiger partial charge in [0.1, 0.15) is 17.7 Å².